The van der Waals surface area contributed by atoms with Gasteiger partial charge in [-0.15, -0.1) is 0 Å². The minimum Gasteiger partial charge on any atom is -0.493 e. The molecule has 0 aliphatic carbocycles. The van der Waals surface area contributed by atoms with Crippen molar-refractivity contribution in [2.75, 3.05) is 32.2 Å². The Hall–Kier alpha value is -3.32. The highest BCUT2D eigenvalue weighted by molar-refractivity contribution is 6.45. The number of hydrogen-bond donors (Lipinski definition) is 0. The number of carbonyl (C=O) groups is 2. The number of aryl methyl sites for hydroxylation is 2. The highest BCUT2D eigenvalue weighted by Crippen LogP contribution is 2.39. The van der Waals surface area contributed by atoms with E-state index in [4.69, 9.17) is 14.2 Å². The Morgan fingerprint density at radius 1 is 0.879 bits per heavy atom. The van der Waals surface area contributed by atoms with Crippen molar-refractivity contribution >= 4 is 23.1 Å². The SMILES string of the molecule is COc1ccc(C2=C(N3CC(C)OC(C)C3)C(=O)N(c3ccc(C)cc3C)C2=O)cc1OC. The third-order valence-corrected chi connectivity index (χ3v) is 6.06. The minimum atomic E-state index is -0.346. The molecule has 1 fully saturated rings. The third-order valence-electron chi connectivity index (χ3n) is 6.06. The quantitative estimate of drug-likeness (QED) is 0.647. The van der Waals surface area contributed by atoms with E-state index in [-0.39, 0.29) is 24.0 Å². The Morgan fingerprint density at radius 2 is 1.55 bits per heavy atom. The van der Waals surface area contributed by atoms with Gasteiger partial charge in [0.2, 0.25) is 0 Å². The van der Waals surface area contributed by atoms with Crippen molar-refractivity contribution in [3.05, 3.63) is 58.8 Å². The molecule has 174 valence electrons. The molecule has 7 heteroatoms. The Bertz CT molecular complexity index is 1130. The molecule has 2 aromatic carbocycles. The first-order chi connectivity index (χ1) is 15.7. The van der Waals surface area contributed by atoms with E-state index in [9.17, 15) is 9.59 Å². The standard InChI is InChI=1S/C26H30N2O5/c1-15-7-9-20(16(2)11-15)28-25(29)23(19-8-10-21(31-5)22(12-19)32-6)24(26(28)30)27-13-17(3)33-18(4)14-27/h7-12,17-18H,13-14H2,1-6H3. The first-order valence-corrected chi connectivity index (χ1v) is 11.1. The summed E-state index contributed by atoms with van der Waals surface area (Å²) in [6, 6.07) is 11.0. The summed E-state index contributed by atoms with van der Waals surface area (Å²) in [7, 11) is 3.11. The molecule has 2 atom stereocenters. The Balaban J connectivity index is 1.88. The van der Waals surface area contributed by atoms with Crippen molar-refractivity contribution in [1.82, 2.24) is 4.90 Å². The van der Waals surface area contributed by atoms with Gasteiger partial charge < -0.3 is 19.1 Å². The molecule has 0 bridgehead atoms. The lowest BCUT2D eigenvalue weighted by Gasteiger charge is -2.37. The lowest BCUT2D eigenvalue weighted by molar-refractivity contribution is -0.121. The average Bonchev–Trinajstić information content (AvgIpc) is 3.03. The lowest BCUT2D eigenvalue weighted by atomic mass is 10.0. The smallest absolute Gasteiger partial charge is 0.282 e. The molecule has 4 rings (SSSR count). The van der Waals surface area contributed by atoms with Gasteiger partial charge >= 0.3 is 0 Å². The molecule has 2 aliphatic rings. The first-order valence-electron chi connectivity index (χ1n) is 11.1. The molecule has 2 amide bonds. The number of benzene rings is 2. The van der Waals surface area contributed by atoms with Gasteiger partial charge in [-0.1, -0.05) is 23.8 Å². The fourth-order valence-corrected chi connectivity index (χ4v) is 4.70. The molecule has 7 nitrogen and oxygen atoms in total. The van der Waals surface area contributed by atoms with Crippen LogP contribution >= 0.6 is 0 Å². The number of morpholine rings is 1. The van der Waals surface area contributed by atoms with E-state index in [1.54, 1.807) is 32.4 Å². The predicted octanol–water partition coefficient (Wildman–Crippen LogP) is 3.71. The van der Waals surface area contributed by atoms with Gasteiger partial charge in [0.1, 0.15) is 5.70 Å². The van der Waals surface area contributed by atoms with Gasteiger partial charge in [0.05, 0.1) is 37.7 Å². The van der Waals surface area contributed by atoms with Crippen LogP contribution in [0.3, 0.4) is 0 Å². The number of methoxy groups -OCH3 is 2. The number of rotatable bonds is 5. The zero-order valence-corrected chi connectivity index (χ0v) is 20.0. The Morgan fingerprint density at radius 3 is 2.15 bits per heavy atom. The van der Waals surface area contributed by atoms with Gasteiger partial charge in [-0.05, 0) is 57.0 Å². The van der Waals surface area contributed by atoms with Crippen molar-refractivity contribution in [3.8, 4) is 11.5 Å². The van der Waals surface area contributed by atoms with Crippen LogP contribution in [0, 0.1) is 13.8 Å². The van der Waals surface area contributed by atoms with E-state index in [0.29, 0.717) is 47.1 Å². The fourth-order valence-electron chi connectivity index (χ4n) is 4.70. The number of amides is 2. The molecule has 0 radical (unpaired) electrons. The summed E-state index contributed by atoms with van der Waals surface area (Å²) in [4.78, 5) is 31.0. The average molecular weight is 451 g/mol. The van der Waals surface area contributed by atoms with E-state index in [1.807, 2.05) is 50.8 Å². The molecule has 0 spiro atoms. The number of hydrogen-bond acceptors (Lipinski definition) is 6. The van der Waals surface area contributed by atoms with Crippen LogP contribution in [-0.4, -0.2) is 56.2 Å². The maximum atomic E-state index is 13.8. The zero-order chi connectivity index (χ0) is 23.9. The molecule has 0 aromatic heterocycles. The van der Waals surface area contributed by atoms with Crippen LogP contribution in [0.4, 0.5) is 5.69 Å². The van der Waals surface area contributed by atoms with Crippen LogP contribution in [-0.2, 0) is 14.3 Å². The third kappa shape index (κ3) is 4.09. The molecule has 2 heterocycles. The highest BCUT2D eigenvalue weighted by Gasteiger charge is 2.44. The molecule has 0 N–H and O–H groups in total. The minimum absolute atomic E-state index is 0.0639. The van der Waals surface area contributed by atoms with Gasteiger partial charge in [0, 0.05) is 13.1 Å². The monoisotopic (exact) mass is 450 g/mol. The van der Waals surface area contributed by atoms with E-state index in [0.717, 1.165) is 11.1 Å². The van der Waals surface area contributed by atoms with Crippen LogP contribution < -0.4 is 14.4 Å². The van der Waals surface area contributed by atoms with E-state index >= 15 is 0 Å². The summed E-state index contributed by atoms with van der Waals surface area (Å²) in [5.74, 6) is 0.384. The second-order valence-corrected chi connectivity index (χ2v) is 8.69. The molecule has 1 saturated heterocycles. The van der Waals surface area contributed by atoms with Gasteiger partial charge in [0.25, 0.3) is 11.8 Å². The van der Waals surface area contributed by atoms with E-state index in [2.05, 4.69) is 0 Å². The van der Waals surface area contributed by atoms with Crippen molar-refractivity contribution in [2.45, 2.75) is 39.9 Å². The summed E-state index contributed by atoms with van der Waals surface area (Å²) >= 11 is 0. The molecule has 2 aliphatic heterocycles. The predicted molar refractivity (Wildman–Crippen MR) is 126 cm³/mol. The van der Waals surface area contributed by atoms with Gasteiger partial charge in [-0.25, -0.2) is 4.90 Å². The summed E-state index contributed by atoms with van der Waals surface area (Å²) in [5.41, 5.74) is 3.90. The van der Waals surface area contributed by atoms with Crippen LogP contribution in [0.2, 0.25) is 0 Å². The fraction of sp³-hybridized carbons (Fsp3) is 0.385. The van der Waals surface area contributed by atoms with Crippen LogP contribution in [0.25, 0.3) is 5.57 Å². The molecule has 2 aromatic rings. The number of anilines is 1. The van der Waals surface area contributed by atoms with E-state index < -0.39 is 0 Å². The van der Waals surface area contributed by atoms with Crippen molar-refractivity contribution in [3.63, 3.8) is 0 Å². The normalized spacial score (nSPS) is 21.2. The van der Waals surface area contributed by atoms with E-state index in [1.165, 1.54) is 4.90 Å². The first kappa shape index (κ1) is 22.9. The number of carbonyl (C=O) groups excluding carboxylic acids is 2. The summed E-state index contributed by atoms with van der Waals surface area (Å²) in [5, 5.41) is 0. The van der Waals surface area contributed by atoms with Crippen LogP contribution in [0.1, 0.15) is 30.5 Å². The molecule has 0 saturated carbocycles. The van der Waals surface area contributed by atoms with Crippen molar-refractivity contribution in [2.24, 2.45) is 0 Å². The zero-order valence-electron chi connectivity index (χ0n) is 20.0. The van der Waals surface area contributed by atoms with Gasteiger partial charge in [0.15, 0.2) is 11.5 Å². The van der Waals surface area contributed by atoms with Gasteiger partial charge in [-0.3, -0.25) is 9.59 Å². The summed E-state index contributed by atoms with van der Waals surface area (Å²) < 4.78 is 16.7. The second kappa shape index (κ2) is 8.90. The second-order valence-electron chi connectivity index (χ2n) is 8.69. The Kier molecular flexibility index (Phi) is 6.17. The maximum absolute atomic E-state index is 13.8. The highest BCUT2D eigenvalue weighted by atomic mass is 16.5. The molecular formula is C26H30N2O5. The van der Waals surface area contributed by atoms with Crippen LogP contribution in [0.15, 0.2) is 42.1 Å². The number of ether oxygens (including phenoxy) is 3. The van der Waals surface area contributed by atoms with Crippen molar-refractivity contribution in [1.29, 1.82) is 0 Å². The lowest BCUT2D eigenvalue weighted by Crippen LogP contribution is -2.47. The molecule has 33 heavy (non-hydrogen) atoms. The summed E-state index contributed by atoms with van der Waals surface area (Å²) in [6.07, 6.45) is -0.128. The number of nitrogens with zero attached hydrogens (tertiary/aromatic N) is 2. The molecule has 2 unspecified atom stereocenters. The largest absolute Gasteiger partial charge is 0.493 e. The summed E-state index contributed by atoms with van der Waals surface area (Å²) in [6.45, 7) is 8.90. The topological polar surface area (TPSA) is 68.3 Å². The molecular weight excluding hydrogens is 420 g/mol. The number of imide groups is 1. The van der Waals surface area contributed by atoms with Crippen LogP contribution in [0.5, 0.6) is 11.5 Å². The van der Waals surface area contributed by atoms with Crippen molar-refractivity contribution < 1.29 is 23.8 Å². The van der Waals surface area contributed by atoms with Gasteiger partial charge in [-0.2, -0.15) is 0 Å². The Labute approximate surface area is 194 Å². The maximum Gasteiger partial charge on any atom is 0.282 e.